The van der Waals surface area contributed by atoms with Gasteiger partial charge in [0.05, 0.1) is 0 Å². The van der Waals surface area contributed by atoms with E-state index in [0.717, 1.165) is 11.8 Å². The van der Waals surface area contributed by atoms with E-state index in [4.69, 9.17) is 10.8 Å². The minimum atomic E-state index is -0.459. The number of aliphatic hydroxyl groups excluding tert-OH is 1. The van der Waals surface area contributed by atoms with Crippen LogP contribution in [0.5, 0.6) is 0 Å². The fourth-order valence-corrected chi connectivity index (χ4v) is 1.37. The molecule has 64 valence electrons. The van der Waals surface area contributed by atoms with Crippen LogP contribution in [0.25, 0.3) is 0 Å². The maximum atomic E-state index is 10.8. The van der Waals surface area contributed by atoms with Crippen molar-refractivity contribution in [3.8, 4) is 0 Å². The van der Waals surface area contributed by atoms with Crippen molar-refractivity contribution in [1.82, 2.24) is 0 Å². The normalized spacial score (nSPS) is 9.75. The summed E-state index contributed by atoms with van der Waals surface area (Å²) in [7, 11) is 0. The van der Waals surface area contributed by atoms with Crippen LogP contribution in [-0.4, -0.2) is 16.8 Å². The van der Waals surface area contributed by atoms with Gasteiger partial charge in [-0.05, 0) is 23.9 Å². The predicted molar refractivity (Wildman–Crippen MR) is 48.8 cm³/mol. The monoisotopic (exact) mass is 183 g/mol. The number of carbonyl (C=O) groups is 1. The first-order valence-corrected chi connectivity index (χ1v) is 4.21. The molecule has 0 aromatic heterocycles. The van der Waals surface area contributed by atoms with Crippen molar-refractivity contribution < 1.29 is 9.90 Å². The zero-order valence-electron chi connectivity index (χ0n) is 6.36. The zero-order chi connectivity index (χ0) is 8.97. The number of aliphatic hydroxyl groups is 1. The number of para-hydroxylation sites is 1. The summed E-state index contributed by atoms with van der Waals surface area (Å²) in [6.07, 6.45) is 0. The largest absolute Gasteiger partial charge is 0.398 e. The van der Waals surface area contributed by atoms with Crippen molar-refractivity contribution in [1.29, 1.82) is 0 Å². The molecule has 1 rings (SSSR count). The van der Waals surface area contributed by atoms with Gasteiger partial charge in [0.1, 0.15) is 6.61 Å². The maximum absolute atomic E-state index is 10.8. The first-order valence-electron chi connectivity index (χ1n) is 3.40. The Bertz CT molecular complexity index is 288. The summed E-state index contributed by atoms with van der Waals surface area (Å²) in [5.41, 5.74) is 6.13. The standard InChI is InChI=1S/C8H9NO2S/c9-6-3-1-2-4-7(6)12-8(11)5-10/h1-4,10H,5,9H2. The lowest BCUT2D eigenvalue weighted by Crippen LogP contribution is -1.98. The quantitative estimate of drug-likeness (QED) is 0.527. The molecule has 0 spiro atoms. The number of thioether (sulfide) groups is 1. The number of anilines is 1. The van der Waals surface area contributed by atoms with Crippen LogP contribution in [0.2, 0.25) is 0 Å². The Hall–Kier alpha value is -1.00. The highest BCUT2D eigenvalue weighted by Gasteiger charge is 2.04. The van der Waals surface area contributed by atoms with Crippen molar-refractivity contribution in [3.05, 3.63) is 24.3 Å². The third-order valence-corrected chi connectivity index (χ3v) is 2.22. The Kier molecular flexibility index (Phi) is 3.13. The maximum Gasteiger partial charge on any atom is 0.219 e. The summed E-state index contributed by atoms with van der Waals surface area (Å²) < 4.78 is 0. The molecular weight excluding hydrogens is 174 g/mol. The lowest BCUT2D eigenvalue weighted by Gasteiger charge is -2.01. The zero-order valence-corrected chi connectivity index (χ0v) is 7.17. The summed E-state index contributed by atoms with van der Waals surface area (Å²) in [5, 5.41) is 8.18. The number of hydrogen-bond acceptors (Lipinski definition) is 4. The number of rotatable bonds is 2. The van der Waals surface area contributed by atoms with Gasteiger partial charge in [0, 0.05) is 10.6 Å². The van der Waals surface area contributed by atoms with Crippen molar-refractivity contribution >= 4 is 22.6 Å². The van der Waals surface area contributed by atoms with Crippen molar-refractivity contribution in [2.24, 2.45) is 0 Å². The fraction of sp³-hybridized carbons (Fsp3) is 0.125. The van der Waals surface area contributed by atoms with Gasteiger partial charge in [0.2, 0.25) is 5.12 Å². The van der Waals surface area contributed by atoms with Crippen LogP contribution in [0, 0.1) is 0 Å². The molecule has 0 radical (unpaired) electrons. The second-order valence-corrected chi connectivity index (χ2v) is 3.27. The number of hydrogen-bond donors (Lipinski definition) is 2. The molecule has 1 aromatic carbocycles. The van der Waals surface area contributed by atoms with Crippen molar-refractivity contribution in [3.63, 3.8) is 0 Å². The average Bonchev–Trinajstić information content (AvgIpc) is 2.09. The Morgan fingerprint density at radius 1 is 1.50 bits per heavy atom. The molecule has 0 fully saturated rings. The van der Waals surface area contributed by atoms with Crippen LogP contribution < -0.4 is 5.73 Å². The molecule has 3 N–H and O–H groups in total. The van der Waals surface area contributed by atoms with Crippen LogP contribution in [0.1, 0.15) is 0 Å². The van der Waals surface area contributed by atoms with Crippen LogP contribution in [-0.2, 0) is 4.79 Å². The first kappa shape index (κ1) is 9.09. The topological polar surface area (TPSA) is 63.3 Å². The minimum absolute atomic E-state index is 0.298. The molecule has 4 heteroatoms. The number of benzene rings is 1. The molecule has 3 nitrogen and oxygen atoms in total. The Balaban J connectivity index is 2.75. The highest BCUT2D eigenvalue weighted by atomic mass is 32.2. The molecule has 0 atom stereocenters. The van der Waals surface area contributed by atoms with Gasteiger partial charge in [0.25, 0.3) is 0 Å². The molecule has 0 heterocycles. The number of nitrogen functional groups attached to an aromatic ring is 1. The van der Waals surface area contributed by atoms with Crippen molar-refractivity contribution in [2.75, 3.05) is 12.3 Å². The van der Waals surface area contributed by atoms with E-state index in [-0.39, 0.29) is 5.12 Å². The van der Waals surface area contributed by atoms with E-state index in [1.807, 2.05) is 0 Å². The highest BCUT2D eigenvalue weighted by Crippen LogP contribution is 2.24. The van der Waals surface area contributed by atoms with Crippen LogP contribution >= 0.6 is 11.8 Å². The lowest BCUT2D eigenvalue weighted by atomic mass is 10.3. The molecule has 0 aliphatic heterocycles. The van der Waals surface area contributed by atoms with Gasteiger partial charge in [-0.1, -0.05) is 12.1 Å². The molecule has 12 heavy (non-hydrogen) atoms. The van der Waals surface area contributed by atoms with Crippen LogP contribution in [0.15, 0.2) is 29.2 Å². The molecule has 0 aliphatic rings. The van der Waals surface area contributed by atoms with Crippen molar-refractivity contribution in [2.45, 2.75) is 4.90 Å². The summed E-state index contributed by atoms with van der Waals surface area (Å²) in [4.78, 5) is 11.5. The minimum Gasteiger partial charge on any atom is -0.398 e. The molecule has 0 bridgehead atoms. The van der Waals surface area contributed by atoms with E-state index >= 15 is 0 Å². The smallest absolute Gasteiger partial charge is 0.219 e. The molecule has 0 saturated heterocycles. The predicted octanol–water partition coefficient (Wildman–Crippen LogP) is 0.880. The van der Waals surface area contributed by atoms with E-state index < -0.39 is 6.61 Å². The van der Waals surface area contributed by atoms with Gasteiger partial charge in [-0.15, -0.1) is 0 Å². The van der Waals surface area contributed by atoms with Gasteiger partial charge >= 0.3 is 0 Å². The second-order valence-electron chi connectivity index (χ2n) is 2.17. The Morgan fingerprint density at radius 3 is 2.75 bits per heavy atom. The van der Waals surface area contributed by atoms with Gasteiger partial charge in [-0.2, -0.15) is 0 Å². The molecule has 0 amide bonds. The number of carbonyl (C=O) groups excluding carboxylic acids is 1. The van der Waals surface area contributed by atoms with E-state index in [9.17, 15) is 4.79 Å². The van der Waals surface area contributed by atoms with E-state index in [1.165, 1.54) is 0 Å². The number of nitrogens with two attached hydrogens (primary N) is 1. The fourth-order valence-electron chi connectivity index (χ4n) is 0.728. The second kappa shape index (κ2) is 4.13. The third-order valence-electron chi connectivity index (χ3n) is 1.27. The Labute approximate surface area is 74.6 Å². The summed E-state index contributed by atoms with van der Waals surface area (Å²) >= 11 is 0.956. The van der Waals surface area contributed by atoms with Gasteiger partial charge in [0.15, 0.2) is 0 Å². The molecule has 1 aromatic rings. The first-order chi connectivity index (χ1) is 5.74. The van der Waals surface area contributed by atoms with Gasteiger partial charge in [-0.3, -0.25) is 4.79 Å². The van der Waals surface area contributed by atoms with Gasteiger partial charge < -0.3 is 10.8 Å². The average molecular weight is 183 g/mol. The van der Waals surface area contributed by atoms with Gasteiger partial charge in [-0.25, -0.2) is 0 Å². The summed E-state index contributed by atoms with van der Waals surface area (Å²) in [6, 6.07) is 7.05. The summed E-state index contributed by atoms with van der Waals surface area (Å²) in [5.74, 6) is 0. The molecule has 0 saturated carbocycles. The van der Waals surface area contributed by atoms with E-state index in [0.29, 0.717) is 10.6 Å². The third kappa shape index (κ3) is 2.25. The lowest BCUT2D eigenvalue weighted by molar-refractivity contribution is -0.113. The van der Waals surface area contributed by atoms with Crippen LogP contribution in [0.3, 0.4) is 0 Å². The van der Waals surface area contributed by atoms with E-state index in [2.05, 4.69) is 0 Å². The van der Waals surface area contributed by atoms with Crippen LogP contribution in [0.4, 0.5) is 5.69 Å². The Morgan fingerprint density at radius 2 is 2.17 bits per heavy atom. The highest BCUT2D eigenvalue weighted by molar-refractivity contribution is 8.13. The SMILES string of the molecule is Nc1ccccc1SC(=O)CO. The van der Waals surface area contributed by atoms with E-state index in [1.54, 1.807) is 24.3 Å². The molecule has 0 aliphatic carbocycles. The molecular formula is C8H9NO2S. The molecule has 0 unspecified atom stereocenters. The summed E-state index contributed by atoms with van der Waals surface area (Å²) in [6.45, 7) is -0.459.